The predicted molar refractivity (Wildman–Crippen MR) is 116 cm³/mol. The van der Waals surface area contributed by atoms with E-state index in [4.69, 9.17) is 16.6 Å². The number of nitrogens with zero attached hydrogens (tertiary/aromatic N) is 4. The highest BCUT2D eigenvalue weighted by atomic mass is 35.5. The highest BCUT2D eigenvalue weighted by Gasteiger charge is 2.26. The minimum Gasteiger partial charge on any atom is -0.331 e. The van der Waals surface area contributed by atoms with Gasteiger partial charge in [-0.1, -0.05) is 37.6 Å². The van der Waals surface area contributed by atoms with Crippen LogP contribution in [0.15, 0.2) is 42.6 Å². The summed E-state index contributed by atoms with van der Waals surface area (Å²) in [7, 11) is 0. The largest absolute Gasteiger partial charge is 0.331 e. The number of hydrogen-bond donors (Lipinski definition) is 0. The number of halogens is 1. The van der Waals surface area contributed by atoms with Gasteiger partial charge in [0.25, 0.3) is 5.91 Å². The van der Waals surface area contributed by atoms with Crippen LogP contribution in [-0.4, -0.2) is 31.9 Å². The molecule has 1 aromatic carbocycles. The van der Waals surface area contributed by atoms with Gasteiger partial charge in [0.05, 0.1) is 17.1 Å². The van der Waals surface area contributed by atoms with Gasteiger partial charge < -0.3 is 9.47 Å². The van der Waals surface area contributed by atoms with Gasteiger partial charge in [-0.25, -0.2) is 9.97 Å². The lowest BCUT2D eigenvalue weighted by Crippen LogP contribution is -2.33. The lowest BCUT2D eigenvalue weighted by atomic mass is 10.1. The Morgan fingerprint density at radius 2 is 2.03 bits per heavy atom. The lowest BCUT2D eigenvalue weighted by Gasteiger charge is -2.24. The summed E-state index contributed by atoms with van der Waals surface area (Å²) in [6.07, 6.45) is 5.24. The summed E-state index contributed by atoms with van der Waals surface area (Å²) in [6.45, 7) is 6.39. The molecule has 0 atom stereocenters. The van der Waals surface area contributed by atoms with Crippen LogP contribution in [0, 0.1) is 11.8 Å². The van der Waals surface area contributed by atoms with Gasteiger partial charge in [-0.15, -0.1) is 0 Å². The molecule has 6 heteroatoms. The Bertz CT molecular complexity index is 1010. The van der Waals surface area contributed by atoms with Crippen LogP contribution >= 0.6 is 11.6 Å². The molecule has 0 radical (unpaired) electrons. The van der Waals surface area contributed by atoms with Crippen LogP contribution < -0.4 is 0 Å². The first-order chi connectivity index (χ1) is 14.0. The van der Waals surface area contributed by atoms with Gasteiger partial charge in [-0.3, -0.25) is 4.79 Å². The molecule has 0 spiro atoms. The van der Waals surface area contributed by atoms with Crippen molar-refractivity contribution >= 4 is 28.7 Å². The van der Waals surface area contributed by atoms with Gasteiger partial charge in [-0.2, -0.15) is 0 Å². The second-order valence-electron chi connectivity index (χ2n) is 8.32. The van der Waals surface area contributed by atoms with Crippen LogP contribution in [0.1, 0.15) is 49.3 Å². The molecule has 1 aliphatic rings. The van der Waals surface area contributed by atoms with Crippen LogP contribution in [0.4, 0.5) is 0 Å². The summed E-state index contributed by atoms with van der Waals surface area (Å²) in [5.74, 6) is 2.05. The molecule has 1 amide bonds. The molecule has 5 nitrogen and oxygen atoms in total. The van der Waals surface area contributed by atoms with Gasteiger partial charge >= 0.3 is 0 Å². The molecule has 2 aromatic heterocycles. The standard InChI is InChI=1S/C23H27ClN4O/c1-16(2)11-13-27(23(29)18-6-3-4-7-19(18)24)15-21-26-20-8-5-12-25-22(20)28(21)14-17-9-10-17/h3-8,12,16-17H,9-11,13-15H2,1-2H3. The summed E-state index contributed by atoms with van der Waals surface area (Å²) in [5.41, 5.74) is 2.33. The van der Waals surface area contributed by atoms with Crippen LogP contribution in [0.25, 0.3) is 11.2 Å². The zero-order valence-electron chi connectivity index (χ0n) is 17.0. The number of pyridine rings is 1. The third-order valence-electron chi connectivity index (χ3n) is 5.42. The zero-order chi connectivity index (χ0) is 20.4. The van der Waals surface area contributed by atoms with Gasteiger partial charge in [0.15, 0.2) is 5.65 Å². The number of aromatic nitrogens is 3. The first kappa shape index (κ1) is 19.9. The number of imidazole rings is 1. The van der Waals surface area contributed by atoms with Crippen molar-refractivity contribution in [1.29, 1.82) is 0 Å². The summed E-state index contributed by atoms with van der Waals surface area (Å²) in [6, 6.07) is 11.2. The summed E-state index contributed by atoms with van der Waals surface area (Å²) < 4.78 is 2.20. The van der Waals surface area contributed by atoms with Crippen LogP contribution in [0.5, 0.6) is 0 Å². The molecule has 3 aromatic rings. The van der Waals surface area contributed by atoms with Gasteiger partial charge in [0, 0.05) is 19.3 Å². The second kappa shape index (κ2) is 8.54. The van der Waals surface area contributed by atoms with Crippen molar-refractivity contribution in [3.05, 3.63) is 59.0 Å². The molecule has 2 heterocycles. The molecule has 29 heavy (non-hydrogen) atoms. The van der Waals surface area contributed by atoms with Crippen molar-refractivity contribution < 1.29 is 4.79 Å². The number of carbonyl (C=O) groups excluding carboxylic acids is 1. The van der Waals surface area contributed by atoms with E-state index in [1.165, 1.54) is 12.8 Å². The Morgan fingerprint density at radius 3 is 2.76 bits per heavy atom. The summed E-state index contributed by atoms with van der Waals surface area (Å²) in [5, 5.41) is 0.486. The average Bonchev–Trinajstić information content (AvgIpc) is 3.46. The number of benzene rings is 1. The minimum atomic E-state index is -0.0470. The second-order valence-corrected chi connectivity index (χ2v) is 8.72. The molecule has 1 fully saturated rings. The van der Waals surface area contributed by atoms with Crippen molar-refractivity contribution in [3.63, 3.8) is 0 Å². The van der Waals surface area contributed by atoms with E-state index in [0.717, 1.165) is 30.0 Å². The van der Waals surface area contributed by atoms with Gasteiger partial charge in [-0.05, 0) is 55.4 Å². The van der Waals surface area contributed by atoms with Crippen LogP contribution in [0.2, 0.25) is 5.02 Å². The third-order valence-corrected chi connectivity index (χ3v) is 5.75. The van der Waals surface area contributed by atoms with E-state index in [-0.39, 0.29) is 5.91 Å². The van der Waals surface area contributed by atoms with E-state index in [0.29, 0.717) is 35.5 Å². The van der Waals surface area contributed by atoms with E-state index in [9.17, 15) is 4.79 Å². The molecule has 0 bridgehead atoms. The Hall–Kier alpha value is -2.40. The van der Waals surface area contributed by atoms with Crippen molar-refractivity contribution in [2.75, 3.05) is 6.54 Å². The normalized spacial score (nSPS) is 13.9. The predicted octanol–water partition coefficient (Wildman–Crippen LogP) is 5.18. The minimum absolute atomic E-state index is 0.0470. The molecular weight excluding hydrogens is 384 g/mol. The van der Waals surface area contributed by atoms with Crippen LogP contribution in [-0.2, 0) is 13.1 Å². The summed E-state index contributed by atoms with van der Waals surface area (Å²) in [4.78, 5) is 24.6. The molecular formula is C23H27ClN4O. The van der Waals surface area contributed by atoms with Crippen LogP contribution in [0.3, 0.4) is 0 Å². The number of rotatable bonds is 8. The molecule has 0 unspecified atom stereocenters. The fourth-order valence-corrected chi connectivity index (χ4v) is 3.74. The summed E-state index contributed by atoms with van der Waals surface area (Å²) >= 11 is 6.32. The highest BCUT2D eigenvalue weighted by molar-refractivity contribution is 6.33. The number of hydrogen-bond acceptors (Lipinski definition) is 3. The smallest absolute Gasteiger partial charge is 0.255 e. The molecule has 1 saturated carbocycles. The fourth-order valence-electron chi connectivity index (χ4n) is 3.52. The number of fused-ring (bicyclic) bond motifs is 1. The maximum Gasteiger partial charge on any atom is 0.255 e. The Labute approximate surface area is 176 Å². The maximum atomic E-state index is 13.3. The van der Waals surface area contributed by atoms with E-state index in [2.05, 4.69) is 23.4 Å². The lowest BCUT2D eigenvalue weighted by molar-refractivity contribution is 0.0729. The van der Waals surface area contributed by atoms with E-state index in [1.807, 2.05) is 35.4 Å². The Morgan fingerprint density at radius 1 is 1.24 bits per heavy atom. The van der Waals surface area contributed by atoms with E-state index < -0.39 is 0 Å². The molecule has 0 aliphatic heterocycles. The zero-order valence-corrected chi connectivity index (χ0v) is 17.8. The number of carbonyl (C=O) groups is 1. The van der Waals surface area contributed by atoms with Crippen molar-refractivity contribution in [2.45, 2.75) is 46.2 Å². The van der Waals surface area contributed by atoms with E-state index in [1.54, 1.807) is 12.1 Å². The first-order valence-electron chi connectivity index (χ1n) is 10.4. The first-order valence-corrected chi connectivity index (χ1v) is 10.7. The number of amides is 1. The van der Waals surface area contributed by atoms with Gasteiger partial charge in [0.2, 0.25) is 0 Å². The van der Waals surface area contributed by atoms with Crippen molar-refractivity contribution in [1.82, 2.24) is 19.4 Å². The SMILES string of the molecule is CC(C)CCN(Cc1nc2cccnc2n1CC1CC1)C(=O)c1ccccc1Cl. The fraction of sp³-hybridized carbons (Fsp3) is 0.435. The molecule has 0 saturated heterocycles. The molecule has 4 rings (SSSR count). The average molecular weight is 411 g/mol. The topological polar surface area (TPSA) is 51.0 Å². The molecule has 152 valence electrons. The van der Waals surface area contributed by atoms with Crippen molar-refractivity contribution in [2.24, 2.45) is 11.8 Å². The highest BCUT2D eigenvalue weighted by Crippen LogP contribution is 2.32. The monoisotopic (exact) mass is 410 g/mol. The quantitative estimate of drug-likeness (QED) is 0.513. The van der Waals surface area contributed by atoms with Gasteiger partial charge in [0.1, 0.15) is 11.3 Å². The van der Waals surface area contributed by atoms with E-state index >= 15 is 0 Å². The Kier molecular flexibility index (Phi) is 5.86. The molecule has 0 N–H and O–H groups in total. The third kappa shape index (κ3) is 4.61. The Balaban J connectivity index is 1.67. The van der Waals surface area contributed by atoms with Crippen molar-refractivity contribution in [3.8, 4) is 0 Å². The maximum absolute atomic E-state index is 13.3. The molecule has 1 aliphatic carbocycles.